The molecule has 124 valence electrons. The van der Waals surface area contributed by atoms with Crippen molar-refractivity contribution in [1.82, 2.24) is 0 Å². The van der Waals surface area contributed by atoms with E-state index in [1.165, 1.54) is 12.1 Å². The van der Waals surface area contributed by atoms with Gasteiger partial charge < -0.3 is 14.8 Å². The molecular weight excluding hydrogens is 308 g/mol. The van der Waals surface area contributed by atoms with Gasteiger partial charge in [-0.05, 0) is 31.0 Å². The highest BCUT2D eigenvalue weighted by Crippen LogP contribution is 2.44. The molecule has 0 bridgehead atoms. The maximum Gasteiger partial charge on any atom is 0.269 e. The molecule has 2 heterocycles. The summed E-state index contributed by atoms with van der Waals surface area (Å²) in [6.45, 7) is 0.716. The third-order valence-electron chi connectivity index (χ3n) is 4.64. The number of hydrogen-bond acceptors (Lipinski definition) is 5. The van der Waals surface area contributed by atoms with Crippen molar-refractivity contribution in [2.24, 2.45) is 5.92 Å². The highest BCUT2D eigenvalue weighted by atomic mass is 16.7. The zero-order chi connectivity index (χ0) is 16.5. The molecule has 2 aromatic rings. The van der Waals surface area contributed by atoms with Gasteiger partial charge in [-0.2, -0.15) is 0 Å². The standard InChI is InChI=1S/C18H18N2O4/c21-20(22)13-9-7-12(8-10-13)19-17-14-4-1-2-6-16(14)24-18-15(17)5-3-11-23-18/h1-2,4,6-10,15,17-19H,3,5,11H2/t15-,17+,18+/m1/s1. The molecule has 0 aromatic heterocycles. The molecular formula is C18H18N2O4. The van der Waals surface area contributed by atoms with Crippen LogP contribution in [0.15, 0.2) is 48.5 Å². The Hall–Kier alpha value is -2.60. The second-order valence-corrected chi connectivity index (χ2v) is 6.13. The van der Waals surface area contributed by atoms with Crippen molar-refractivity contribution in [3.63, 3.8) is 0 Å². The molecule has 6 heteroatoms. The maximum atomic E-state index is 10.8. The number of fused-ring (bicyclic) bond motifs is 2. The Bertz CT molecular complexity index is 747. The Morgan fingerprint density at radius 2 is 1.92 bits per heavy atom. The molecule has 1 saturated heterocycles. The fraction of sp³-hybridized carbons (Fsp3) is 0.333. The summed E-state index contributed by atoms with van der Waals surface area (Å²) in [5, 5.41) is 14.3. The van der Waals surface area contributed by atoms with E-state index < -0.39 is 4.92 Å². The number of ether oxygens (including phenoxy) is 2. The van der Waals surface area contributed by atoms with Gasteiger partial charge in [0.05, 0.1) is 17.6 Å². The van der Waals surface area contributed by atoms with E-state index in [9.17, 15) is 10.1 Å². The number of anilines is 1. The number of nitrogens with zero attached hydrogens (tertiary/aromatic N) is 1. The van der Waals surface area contributed by atoms with Crippen molar-refractivity contribution < 1.29 is 14.4 Å². The predicted molar refractivity (Wildman–Crippen MR) is 89.0 cm³/mol. The van der Waals surface area contributed by atoms with Gasteiger partial charge in [-0.3, -0.25) is 10.1 Å². The number of rotatable bonds is 3. The fourth-order valence-electron chi connectivity index (χ4n) is 3.47. The van der Waals surface area contributed by atoms with E-state index in [2.05, 4.69) is 11.4 Å². The molecule has 2 aliphatic heterocycles. The maximum absolute atomic E-state index is 10.8. The van der Waals surface area contributed by atoms with E-state index >= 15 is 0 Å². The molecule has 1 N–H and O–H groups in total. The summed E-state index contributed by atoms with van der Waals surface area (Å²) < 4.78 is 11.8. The van der Waals surface area contributed by atoms with Crippen LogP contribution in [0.25, 0.3) is 0 Å². The first kappa shape index (κ1) is 15.0. The minimum absolute atomic E-state index is 0.0571. The quantitative estimate of drug-likeness (QED) is 0.684. The molecule has 2 aromatic carbocycles. The number of nitro groups is 1. The van der Waals surface area contributed by atoms with Crippen LogP contribution >= 0.6 is 0 Å². The van der Waals surface area contributed by atoms with E-state index in [0.717, 1.165) is 29.8 Å². The largest absolute Gasteiger partial charge is 0.464 e. The Labute approximate surface area is 139 Å². The lowest BCUT2D eigenvalue weighted by atomic mass is 9.84. The summed E-state index contributed by atoms with van der Waals surface area (Å²) in [5.74, 6) is 1.05. The van der Waals surface area contributed by atoms with Crippen LogP contribution in [0.4, 0.5) is 11.4 Å². The first-order valence-corrected chi connectivity index (χ1v) is 8.10. The monoisotopic (exact) mass is 326 g/mol. The third kappa shape index (κ3) is 2.69. The second-order valence-electron chi connectivity index (χ2n) is 6.13. The van der Waals surface area contributed by atoms with E-state index in [1.54, 1.807) is 12.1 Å². The van der Waals surface area contributed by atoms with Crippen molar-refractivity contribution in [3.8, 4) is 5.75 Å². The highest BCUT2D eigenvalue weighted by molar-refractivity contribution is 5.52. The Morgan fingerprint density at radius 3 is 2.71 bits per heavy atom. The first-order chi connectivity index (χ1) is 11.7. The van der Waals surface area contributed by atoms with Crippen molar-refractivity contribution in [3.05, 3.63) is 64.2 Å². The van der Waals surface area contributed by atoms with E-state index in [4.69, 9.17) is 9.47 Å². The van der Waals surface area contributed by atoms with Crippen LogP contribution in [-0.2, 0) is 4.74 Å². The van der Waals surface area contributed by atoms with Crippen LogP contribution in [0, 0.1) is 16.0 Å². The molecule has 6 nitrogen and oxygen atoms in total. The average Bonchev–Trinajstić information content (AvgIpc) is 2.62. The summed E-state index contributed by atoms with van der Waals surface area (Å²) in [7, 11) is 0. The summed E-state index contributed by atoms with van der Waals surface area (Å²) in [6.07, 6.45) is 1.78. The van der Waals surface area contributed by atoms with Crippen molar-refractivity contribution in [2.75, 3.05) is 11.9 Å². The normalized spacial score (nSPS) is 25.1. The molecule has 4 rings (SSSR count). The molecule has 0 aliphatic carbocycles. The summed E-state index contributed by atoms with van der Waals surface area (Å²) in [6, 6.07) is 14.5. The average molecular weight is 326 g/mol. The van der Waals surface area contributed by atoms with Crippen LogP contribution in [0.3, 0.4) is 0 Å². The van der Waals surface area contributed by atoms with Gasteiger partial charge in [0.1, 0.15) is 5.75 Å². The molecule has 1 fully saturated rings. The molecule has 0 amide bonds. The predicted octanol–water partition coefficient (Wildman–Crippen LogP) is 3.89. The summed E-state index contributed by atoms with van der Waals surface area (Å²) >= 11 is 0. The van der Waals surface area contributed by atoms with Gasteiger partial charge in [0, 0.05) is 29.3 Å². The molecule has 2 aliphatic rings. The topological polar surface area (TPSA) is 73.6 Å². The minimum atomic E-state index is -0.390. The summed E-state index contributed by atoms with van der Waals surface area (Å²) in [5.41, 5.74) is 2.04. The summed E-state index contributed by atoms with van der Waals surface area (Å²) in [4.78, 5) is 10.4. The van der Waals surface area contributed by atoms with Crippen LogP contribution in [0.5, 0.6) is 5.75 Å². The third-order valence-corrected chi connectivity index (χ3v) is 4.64. The van der Waals surface area contributed by atoms with Gasteiger partial charge in [-0.1, -0.05) is 18.2 Å². The zero-order valence-electron chi connectivity index (χ0n) is 13.1. The van der Waals surface area contributed by atoms with E-state index in [0.29, 0.717) is 6.61 Å². The number of benzene rings is 2. The van der Waals surface area contributed by atoms with Gasteiger partial charge in [0.25, 0.3) is 5.69 Å². The van der Waals surface area contributed by atoms with Gasteiger partial charge in [0.15, 0.2) is 0 Å². The van der Waals surface area contributed by atoms with Crippen LogP contribution < -0.4 is 10.1 Å². The molecule has 24 heavy (non-hydrogen) atoms. The highest BCUT2D eigenvalue weighted by Gasteiger charge is 2.40. The number of para-hydroxylation sites is 1. The van der Waals surface area contributed by atoms with Crippen molar-refractivity contribution in [2.45, 2.75) is 25.2 Å². The van der Waals surface area contributed by atoms with Crippen LogP contribution in [-0.4, -0.2) is 17.8 Å². The molecule has 0 saturated carbocycles. The van der Waals surface area contributed by atoms with Crippen molar-refractivity contribution in [1.29, 1.82) is 0 Å². The number of non-ortho nitro benzene ring substituents is 1. The molecule has 0 spiro atoms. The lowest BCUT2D eigenvalue weighted by Crippen LogP contribution is -2.43. The Kier molecular flexibility index (Phi) is 3.82. The van der Waals surface area contributed by atoms with Gasteiger partial charge in [0.2, 0.25) is 6.29 Å². The van der Waals surface area contributed by atoms with E-state index in [1.807, 2.05) is 18.2 Å². The number of hydrogen-bond donors (Lipinski definition) is 1. The lowest BCUT2D eigenvalue weighted by molar-refractivity contribution is -0.384. The SMILES string of the molecule is O=[N+]([O-])c1ccc(N[C@H]2c3ccccc3O[C@@H]3OCCC[C@@H]32)cc1. The van der Waals surface area contributed by atoms with Crippen LogP contribution in [0.1, 0.15) is 24.4 Å². The molecule has 3 atom stereocenters. The van der Waals surface area contributed by atoms with Gasteiger partial charge in [-0.15, -0.1) is 0 Å². The van der Waals surface area contributed by atoms with Crippen LogP contribution in [0.2, 0.25) is 0 Å². The number of nitrogens with one attached hydrogen (secondary N) is 1. The lowest BCUT2D eigenvalue weighted by Gasteiger charge is -2.42. The molecule has 0 unspecified atom stereocenters. The number of nitro benzene ring substituents is 1. The van der Waals surface area contributed by atoms with Gasteiger partial charge in [-0.25, -0.2) is 0 Å². The second kappa shape index (κ2) is 6.13. The zero-order valence-corrected chi connectivity index (χ0v) is 13.1. The minimum Gasteiger partial charge on any atom is -0.464 e. The smallest absolute Gasteiger partial charge is 0.269 e. The van der Waals surface area contributed by atoms with E-state index in [-0.39, 0.29) is 23.9 Å². The van der Waals surface area contributed by atoms with Gasteiger partial charge >= 0.3 is 0 Å². The molecule has 0 radical (unpaired) electrons. The Balaban J connectivity index is 1.65. The Morgan fingerprint density at radius 1 is 1.12 bits per heavy atom. The fourth-order valence-corrected chi connectivity index (χ4v) is 3.47. The van der Waals surface area contributed by atoms with Crippen molar-refractivity contribution >= 4 is 11.4 Å². The first-order valence-electron chi connectivity index (χ1n) is 8.10.